The first-order chi connectivity index (χ1) is 9.45. The van der Waals surface area contributed by atoms with Crippen molar-refractivity contribution in [3.63, 3.8) is 0 Å². The number of hydrogen-bond donors (Lipinski definition) is 0. The first-order valence-corrected chi connectivity index (χ1v) is 8.26. The standard InChI is InChI=1S/C18H25N/c1-2-8-14(9-3-1)19-17-12-6-4-10-15(17)16-11-5-7-13-18(16)19/h6-8,12-13,15-18H,1-5,9-11H2. The highest BCUT2D eigenvalue weighted by Crippen LogP contribution is 2.48. The Bertz CT molecular complexity index is 403. The first kappa shape index (κ1) is 11.8. The van der Waals surface area contributed by atoms with Gasteiger partial charge in [0, 0.05) is 5.70 Å². The average molecular weight is 255 g/mol. The molecule has 1 nitrogen and oxygen atoms in total. The van der Waals surface area contributed by atoms with Crippen LogP contribution in [0.3, 0.4) is 0 Å². The van der Waals surface area contributed by atoms with E-state index >= 15 is 0 Å². The van der Waals surface area contributed by atoms with Crippen LogP contribution in [-0.2, 0) is 0 Å². The fourth-order valence-electron chi connectivity index (χ4n) is 4.85. The van der Waals surface area contributed by atoms with E-state index in [1.807, 2.05) is 0 Å². The van der Waals surface area contributed by atoms with Gasteiger partial charge in [-0.25, -0.2) is 0 Å². The lowest BCUT2D eigenvalue weighted by Gasteiger charge is -2.36. The summed E-state index contributed by atoms with van der Waals surface area (Å²) in [5.41, 5.74) is 1.66. The minimum atomic E-state index is 0.704. The number of fused-ring (bicyclic) bond motifs is 3. The second-order valence-electron chi connectivity index (χ2n) is 6.67. The predicted octanol–water partition coefficient (Wildman–Crippen LogP) is 4.43. The van der Waals surface area contributed by atoms with Crippen LogP contribution < -0.4 is 0 Å². The smallest absolute Gasteiger partial charge is 0.0508 e. The van der Waals surface area contributed by atoms with Crippen LogP contribution in [0.5, 0.6) is 0 Å². The highest BCUT2D eigenvalue weighted by Gasteiger charge is 2.47. The summed E-state index contributed by atoms with van der Waals surface area (Å²) in [6, 6.07) is 1.41. The number of hydrogen-bond acceptors (Lipinski definition) is 1. The molecule has 0 radical (unpaired) electrons. The van der Waals surface area contributed by atoms with Crippen molar-refractivity contribution >= 4 is 0 Å². The Balaban J connectivity index is 1.71. The third-order valence-corrected chi connectivity index (χ3v) is 5.67. The van der Waals surface area contributed by atoms with Gasteiger partial charge >= 0.3 is 0 Å². The number of rotatable bonds is 1. The molecule has 19 heavy (non-hydrogen) atoms. The molecular weight excluding hydrogens is 230 g/mol. The molecule has 4 rings (SSSR count). The number of likely N-dealkylation sites (tertiary alicyclic amines) is 1. The molecule has 0 spiro atoms. The summed E-state index contributed by atoms with van der Waals surface area (Å²) in [6.45, 7) is 0. The van der Waals surface area contributed by atoms with Gasteiger partial charge in [-0.05, 0) is 63.2 Å². The average Bonchev–Trinajstić information content (AvgIpc) is 2.83. The van der Waals surface area contributed by atoms with Crippen molar-refractivity contribution in [1.82, 2.24) is 4.90 Å². The largest absolute Gasteiger partial charge is 0.362 e. The van der Waals surface area contributed by atoms with Crippen LogP contribution in [0.4, 0.5) is 0 Å². The number of allylic oxidation sites excluding steroid dienone is 4. The lowest BCUT2D eigenvalue weighted by Crippen LogP contribution is -2.37. The van der Waals surface area contributed by atoms with E-state index in [4.69, 9.17) is 0 Å². The molecule has 1 fully saturated rings. The summed E-state index contributed by atoms with van der Waals surface area (Å²) in [5, 5.41) is 0. The zero-order valence-corrected chi connectivity index (χ0v) is 11.8. The van der Waals surface area contributed by atoms with E-state index in [1.54, 1.807) is 5.70 Å². The fourth-order valence-corrected chi connectivity index (χ4v) is 4.85. The van der Waals surface area contributed by atoms with Crippen LogP contribution in [-0.4, -0.2) is 17.0 Å². The van der Waals surface area contributed by atoms with Crippen molar-refractivity contribution in [2.24, 2.45) is 11.8 Å². The summed E-state index contributed by atoms with van der Waals surface area (Å²) in [7, 11) is 0. The summed E-state index contributed by atoms with van der Waals surface area (Å²) in [4.78, 5) is 2.81. The lowest BCUT2D eigenvalue weighted by molar-refractivity contribution is 0.268. The Hall–Kier alpha value is -0.980. The van der Waals surface area contributed by atoms with Crippen LogP contribution in [0.1, 0.15) is 51.4 Å². The molecule has 1 heteroatoms. The minimum Gasteiger partial charge on any atom is -0.362 e. The van der Waals surface area contributed by atoms with Crippen molar-refractivity contribution in [1.29, 1.82) is 0 Å². The maximum Gasteiger partial charge on any atom is 0.0508 e. The Morgan fingerprint density at radius 1 is 0.842 bits per heavy atom. The Morgan fingerprint density at radius 3 is 2.11 bits per heavy atom. The van der Waals surface area contributed by atoms with Gasteiger partial charge < -0.3 is 4.90 Å². The first-order valence-electron chi connectivity index (χ1n) is 8.26. The minimum absolute atomic E-state index is 0.704. The molecule has 0 N–H and O–H groups in total. The summed E-state index contributed by atoms with van der Waals surface area (Å²) < 4.78 is 0. The molecule has 0 amide bonds. The highest BCUT2D eigenvalue weighted by atomic mass is 15.2. The van der Waals surface area contributed by atoms with Crippen molar-refractivity contribution in [3.05, 3.63) is 36.1 Å². The normalized spacial score (nSPS) is 40.8. The van der Waals surface area contributed by atoms with Gasteiger partial charge in [0.1, 0.15) is 0 Å². The SMILES string of the molecule is C1=CC2C(CC1)C1CCC=CC1N2C1=CCCCC1. The highest BCUT2D eigenvalue weighted by molar-refractivity contribution is 5.24. The molecule has 0 bridgehead atoms. The van der Waals surface area contributed by atoms with Gasteiger partial charge in [0.25, 0.3) is 0 Å². The van der Waals surface area contributed by atoms with Gasteiger partial charge in [-0.1, -0.05) is 30.4 Å². The Morgan fingerprint density at radius 2 is 1.53 bits per heavy atom. The molecule has 4 aliphatic rings. The van der Waals surface area contributed by atoms with Gasteiger partial charge in [0.2, 0.25) is 0 Å². The molecule has 1 saturated heterocycles. The zero-order chi connectivity index (χ0) is 12.7. The number of nitrogens with zero attached hydrogens (tertiary/aromatic N) is 1. The van der Waals surface area contributed by atoms with Crippen LogP contribution in [0.25, 0.3) is 0 Å². The quantitative estimate of drug-likeness (QED) is 0.627. The van der Waals surface area contributed by atoms with E-state index in [2.05, 4.69) is 35.3 Å². The molecule has 0 aromatic carbocycles. The molecule has 0 saturated carbocycles. The van der Waals surface area contributed by atoms with Gasteiger partial charge in [-0.2, -0.15) is 0 Å². The van der Waals surface area contributed by atoms with E-state index in [0.29, 0.717) is 12.1 Å². The third-order valence-electron chi connectivity index (χ3n) is 5.67. The van der Waals surface area contributed by atoms with Crippen molar-refractivity contribution in [2.45, 2.75) is 63.5 Å². The van der Waals surface area contributed by atoms with Gasteiger partial charge in [0.15, 0.2) is 0 Å². The Labute approximate surface area is 117 Å². The van der Waals surface area contributed by atoms with Crippen molar-refractivity contribution < 1.29 is 0 Å². The van der Waals surface area contributed by atoms with E-state index in [1.165, 1.54) is 51.4 Å². The van der Waals surface area contributed by atoms with Crippen LogP contribution in [0.15, 0.2) is 36.1 Å². The summed E-state index contributed by atoms with van der Waals surface area (Å²) >= 11 is 0. The molecule has 1 aliphatic heterocycles. The van der Waals surface area contributed by atoms with Gasteiger partial charge in [0.05, 0.1) is 12.1 Å². The Kier molecular flexibility index (Phi) is 3.01. The molecule has 102 valence electrons. The molecule has 3 aliphatic carbocycles. The van der Waals surface area contributed by atoms with Crippen molar-refractivity contribution in [2.75, 3.05) is 0 Å². The monoisotopic (exact) mass is 255 g/mol. The van der Waals surface area contributed by atoms with Gasteiger partial charge in [-0.3, -0.25) is 0 Å². The topological polar surface area (TPSA) is 3.24 Å². The van der Waals surface area contributed by atoms with E-state index in [0.717, 1.165) is 11.8 Å². The summed E-state index contributed by atoms with van der Waals surface area (Å²) in [5.74, 6) is 1.84. The molecular formula is C18H25N. The second-order valence-corrected chi connectivity index (χ2v) is 6.67. The van der Waals surface area contributed by atoms with Crippen LogP contribution in [0, 0.1) is 11.8 Å². The predicted molar refractivity (Wildman–Crippen MR) is 79.7 cm³/mol. The van der Waals surface area contributed by atoms with E-state index in [9.17, 15) is 0 Å². The van der Waals surface area contributed by atoms with Gasteiger partial charge in [-0.15, -0.1) is 0 Å². The third kappa shape index (κ3) is 1.89. The van der Waals surface area contributed by atoms with Crippen LogP contribution in [0.2, 0.25) is 0 Å². The fraction of sp³-hybridized carbons (Fsp3) is 0.667. The molecule has 4 atom stereocenters. The zero-order valence-electron chi connectivity index (χ0n) is 11.8. The second kappa shape index (κ2) is 4.85. The molecule has 0 aromatic rings. The molecule has 0 aromatic heterocycles. The van der Waals surface area contributed by atoms with E-state index < -0.39 is 0 Å². The van der Waals surface area contributed by atoms with E-state index in [-0.39, 0.29) is 0 Å². The maximum absolute atomic E-state index is 2.81. The van der Waals surface area contributed by atoms with Crippen molar-refractivity contribution in [3.8, 4) is 0 Å². The maximum atomic E-state index is 2.81. The molecule has 1 heterocycles. The lowest BCUT2D eigenvalue weighted by atomic mass is 9.77. The van der Waals surface area contributed by atoms with Crippen LogP contribution >= 0.6 is 0 Å². The summed E-state index contributed by atoms with van der Waals surface area (Å²) in [6.07, 6.45) is 23.3. The molecule has 4 unspecified atom stereocenters.